The molecule has 0 radical (unpaired) electrons. The minimum Gasteiger partial charge on any atom is -0.396 e. The van der Waals surface area contributed by atoms with E-state index in [9.17, 15) is 4.39 Å². The normalized spacial score (nSPS) is 12.6. The van der Waals surface area contributed by atoms with Crippen molar-refractivity contribution in [1.82, 2.24) is 4.57 Å². The van der Waals surface area contributed by atoms with Crippen molar-refractivity contribution in [3.05, 3.63) is 35.0 Å². The zero-order valence-corrected chi connectivity index (χ0v) is 11.2. The number of aryl methyl sites for hydroxylation is 1. The highest BCUT2D eigenvalue weighted by molar-refractivity contribution is 5.86. The number of rotatable bonds is 4. The highest BCUT2D eigenvalue weighted by Gasteiger charge is 2.14. The fraction of sp³-hybridized carbons (Fsp3) is 0.400. The van der Waals surface area contributed by atoms with Gasteiger partial charge in [0, 0.05) is 35.3 Å². The number of aliphatic hydroxyl groups excluding tert-OH is 1. The molecule has 2 aromatic rings. The van der Waals surface area contributed by atoms with Gasteiger partial charge in [-0.2, -0.15) is 5.26 Å². The Morgan fingerprint density at radius 3 is 2.79 bits per heavy atom. The smallest absolute Gasteiger partial charge is 0.116 e. The zero-order valence-electron chi connectivity index (χ0n) is 11.2. The minimum absolute atomic E-state index is 0.116. The number of halogens is 1. The van der Waals surface area contributed by atoms with Gasteiger partial charge in [0.25, 0.3) is 0 Å². The van der Waals surface area contributed by atoms with Gasteiger partial charge in [0.2, 0.25) is 0 Å². The number of aromatic nitrogens is 1. The summed E-state index contributed by atoms with van der Waals surface area (Å²) in [6.07, 6.45) is 0. The maximum Gasteiger partial charge on any atom is 0.116 e. The molecule has 3 nitrogen and oxygen atoms in total. The van der Waals surface area contributed by atoms with Gasteiger partial charge in [-0.1, -0.05) is 6.92 Å². The second-order valence-corrected chi connectivity index (χ2v) is 4.95. The standard InChI is InChI=1S/C15H17FN2O/c1-10(9-19)8-18-11(2)5-13-14(6-16)12(7-17)3-4-15(13)18/h3-5,10,19H,6,8-9H2,1-2H3. The lowest BCUT2D eigenvalue weighted by Gasteiger charge is -2.13. The summed E-state index contributed by atoms with van der Waals surface area (Å²) < 4.78 is 15.2. The highest BCUT2D eigenvalue weighted by atomic mass is 19.1. The van der Waals surface area contributed by atoms with Crippen molar-refractivity contribution in [1.29, 1.82) is 5.26 Å². The molecule has 0 aliphatic rings. The number of aliphatic hydroxyl groups is 1. The predicted molar refractivity (Wildman–Crippen MR) is 72.5 cm³/mol. The van der Waals surface area contributed by atoms with Crippen LogP contribution in [-0.4, -0.2) is 16.3 Å². The Morgan fingerprint density at radius 1 is 1.47 bits per heavy atom. The SMILES string of the molecule is Cc1cc2c(CF)c(C#N)ccc2n1CC(C)CO. The van der Waals surface area contributed by atoms with E-state index in [1.165, 1.54) is 0 Å². The quantitative estimate of drug-likeness (QED) is 0.918. The first-order valence-corrected chi connectivity index (χ1v) is 6.31. The van der Waals surface area contributed by atoms with Crippen molar-refractivity contribution >= 4 is 10.9 Å². The maximum atomic E-state index is 13.2. The molecule has 0 aliphatic heterocycles. The molecule has 19 heavy (non-hydrogen) atoms. The van der Waals surface area contributed by atoms with Gasteiger partial charge in [-0.15, -0.1) is 0 Å². The van der Waals surface area contributed by atoms with Crippen LogP contribution in [0.3, 0.4) is 0 Å². The minimum atomic E-state index is -0.640. The molecule has 100 valence electrons. The molecule has 1 atom stereocenters. The molecular formula is C15H17FN2O. The first-order valence-electron chi connectivity index (χ1n) is 6.31. The van der Waals surface area contributed by atoms with Gasteiger partial charge in [0.1, 0.15) is 6.67 Å². The summed E-state index contributed by atoms with van der Waals surface area (Å²) in [5.74, 6) is 0.138. The Kier molecular flexibility index (Phi) is 3.87. The number of nitrogens with zero attached hydrogens (tertiary/aromatic N) is 2. The molecule has 2 rings (SSSR count). The average Bonchev–Trinajstić information content (AvgIpc) is 2.73. The van der Waals surface area contributed by atoms with Crippen molar-refractivity contribution in [3.63, 3.8) is 0 Å². The molecule has 1 unspecified atom stereocenters. The van der Waals surface area contributed by atoms with Gasteiger partial charge in [-0.05, 0) is 31.0 Å². The molecular weight excluding hydrogens is 243 g/mol. The molecule has 0 saturated carbocycles. The summed E-state index contributed by atoms with van der Waals surface area (Å²) in [6.45, 7) is 4.08. The molecule has 4 heteroatoms. The molecule has 1 N–H and O–H groups in total. The summed E-state index contributed by atoms with van der Waals surface area (Å²) in [5.41, 5.74) is 2.78. The second-order valence-electron chi connectivity index (χ2n) is 4.95. The van der Waals surface area contributed by atoms with E-state index < -0.39 is 6.67 Å². The van der Waals surface area contributed by atoms with Crippen molar-refractivity contribution in [2.75, 3.05) is 6.61 Å². The van der Waals surface area contributed by atoms with Crippen LogP contribution in [0.4, 0.5) is 4.39 Å². The number of benzene rings is 1. The van der Waals surface area contributed by atoms with E-state index in [1.54, 1.807) is 6.07 Å². The van der Waals surface area contributed by atoms with Crippen LogP contribution < -0.4 is 0 Å². The maximum absolute atomic E-state index is 13.2. The topological polar surface area (TPSA) is 49.0 Å². The van der Waals surface area contributed by atoms with Crippen LogP contribution in [0.2, 0.25) is 0 Å². The highest BCUT2D eigenvalue weighted by Crippen LogP contribution is 2.27. The molecule has 0 fully saturated rings. The molecule has 0 saturated heterocycles. The summed E-state index contributed by atoms with van der Waals surface area (Å²) in [4.78, 5) is 0. The lowest BCUT2D eigenvalue weighted by Crippen LogP contribution is -2.12. The van der Waals surface area contributed by atoms with E-state index in [0.29, 0.717) is 17.7 Å². The average molecular weight is 260 g/mol. The van der Waals surface area contributed by atoms with Crippen molar-refractivity contribution < 1.29 is 9.50 Å². The fourth-order valence-corrected chi connectivity index (χ4v) is 2.39. The van der Waals surface area contributed by atoms with Crippen molar-refractivity contribution in [3.8, 4) is 6.07 Å². The molecule has 0 aliphatic carbocycles. The van der Waals surface area contributed by atoms with Crippen LogP contribution in [0.25, 0.3) is 10.9 Å². The van der Waals surface area contributed by atoms with Gasteiger partial charge in [-0.3, -0.25) is 0 Å². The molecule has 1 heterocycles. The lowest BCUT2D eigenvalue weighted by molar-refractivity contribution is 0.223. The molecule has 0 bridgehead atoms. The van der Waals surface area contributed by atoms with Crippen LogP contribution in [0, 0.1) is 24.2 Å². The third-order valence-electron chi connectivity index (χ3n) is 3.46. The van der Waals surface area contributed by atoms with E-state index in [2.05, 4.69) is 4.57 Å². The molecule has 0 amide bonds. The second kappa shape index (κ2) is 5.41. The van der Waals surface area contributed by atoms with E-state index in [4.69, 9.17) is 10.4 Å². The van der Waals surface area contributed by atoms with Gasteiger partial charge in [0.05, 0.1) is 11.6 Å². The number of nitriles is 1. The van der Waals surface area contributed by atoms with E-state index >= 15 is 0 Å². The van der Waals surface area contributed by atoms with E-state index in [1.807, 2.05) is 32.0 Å². The first kappa shape index (κ1) is 13.6. The van der Waals surface area contributed by atoms with Crippen molar-refractivity contribution in [2.24, 2.45) is 5.92 Å². The number of alkyl halides is 1. The summed E-state index contributed by atoms with van der Waals surface area (Å²) in [5, 5.41) is 19.0. The number of hydrogen-bond acceptors (Lipinski definition) is 2. The number of hydrogen-bond donors (Lipinski definition) is 1. The Bertz CT molecular complexity index is 640. The van der Waals surface area contributed by atoms with Crippen molar-refractivity contribution in [2.45, 2.75) is 27.1 Å². The Hall–Kier alpha value is -1.86. The van der Waals surface area contributed by atoms with Crippen LogP contribution in [0.15, 0.2) is 18.2 Å². The third kappa shape index (κ3) is 2.34. The monoisotopic (exact) mass is 260 g/mol. The third-order valence-corrected chi connectivity index (χ3v) is 3.46. The van der Waals surface area contributed by atoms with Crippen LogP contribution in [0.1, 0.15) is 23.7 Å². The van der Waals surface area contributed by atoms with Crippen LogP contribution in [0.5, 0.6) is 0 Å². The molecule has 1 aromatic carbocycles. The van der Waals surface area contributed by atoms with Crippen LogP contribution >= 0.6 is 0 Å². The zero-order chi connectivity index (χ0) is 14.0. The van der Waals surface area contributed by atoms with Gasteiger partial charge in [-0.25, -0.2) is 4.39 Å². The fourth-order valence-electron chi connectivity index (χ4n) is 2.39. The predicted octanol–water partition coefficient (Wildman–Crippen LogP) is 2.92. The molecule has 1 aromatic heterocycles. The van der Waals surface area contributed by atoms with Crippen LogP contribution in [-0.2, 0) is 13.2 Å². The largest absolute Gasteiger partial charge is 0.396 e. The van der Waals surface area contributed by atoms with Gasteiger partial charge in [0.15, 0.2) is 0 Å². The summed E-state index contributed by atoms with van der Waals surface area (Å²) in [7, 11) is 0. The number of fused-ring (bicyclic) bond motifs is 1. The van der Waals surface area contributed by atoms with Gasteiger partial charge >= 0.3 is 0 Å². The Balaban J connectivity index is 2.62. The summed E-state index contributed by atoms with van der Waals surface area (Å²) in [6, 6.07) is 7.46. The molecule has 0 spiro atoms. The summed E-state index contributed by atoms with van der Waals surface area (Å²) >= 11 is 0. The van der Waals surface area contributed by atoms with Gasteiger partial charge < -0.3 is 9.67 Å². The first-order chi connectivity index (χ1) is 9.12. The Labute approximate surface area is 111 Å². The lowest BCUT2D eigenvalue weighted by atomic mass is 10.0. The van der Waals surface area contributed by atoms with E-state index in [-0.39, 0.29) is 12.5 Å². The Morgan fingerprint density at radius 2 is 2.21 bits per heavy atom. The van der Waals surface area contributed by atoms with E-state index in [0.717, 1.165) is 16.6 Å².